The van der Waals surface area contributed by atoms with Crippen molar-refractivity contribution in [3.05, 3.63) is 34.3 Å². The number of esters is 1. The zero-order valence-corrected chi connectivity index (χ0v) is 11.4. The first-order valence-electron chi connectivity index (χ1n) is 5.01. The predicted octanol–water partition coefficient (Wildman–Crippen LogP) is 2.68. The standard InChI is InChI=1S/C12H15BrN2O2/c1-7-4-9(15-6-8(2)13)5-10(11(7)14)12(16)17-3/h4-5,15H,2,6,14H2,1,3H3. The van der Waals surface area contributed by atoms with Gasteiger partial charge in [-0.25, -0.2) is 4.79 Å². The van der Waals surface area contributed by atoms with E-state index in [9.17, 15) is 4.79 Å². The molecule has 0 atom stereocenters. The van der Waals surface area contributed by atoms with Crippen molar-refractivity contribution in [1.82, 2.24) is 0 Å². The van der Waals surface area contributed by atoms with Crippen LogP contribution in [0.5, 0.6) is 0 Å². The smallest absolute Gasteiger partial charge is 0.340 e. The van der Waals surface area contributed by atoms with Crippen molar-refractivity contribution in [3.8, 4) is 0 Å². The molecule has 0 bridgehead atoms. The number of nitrogen functional groups attached to an aromatic ring is 1. The average Bonchev–Trinajstić information content (AvgIpc) is 2.29. The first-order chi connectivity index (χ1) is 7.95. The van der Waals surface area contributed by atoms with E-state index in [1.807, 2.05) is 13.0 Å². The minimum Gasteiger partial charge on any atom is -0.465 e. The fraction of sp³-hybridized carbons (Fsp3) is 0.250. The minimum atomic E-state index is -0.438. The highest BCUT2D eigenvalue weighted by atomic mass is 79.9. The summed E-state index contributed by atoms with van der Waals surface area (Å²) in [5.41, 5.74) is 8.28. The molecule has 0 radical (unpaired) electrons. The van der Waals surface area contributed by atoms with Gasteiger partial charge in [0.25, 0.3) is 0 Å². The third-order valence-electron chi connectivity index (χ3n) is 2.28. The molecule has 92 valence electrons. The Hall–Kier alpha value is -1.49. The van der Waals surface area contributed by atoms with Crippen LogP contribution in [0.3, 0.4) is 0 Å². The maximum absolute atomic E-state index is 11.5. The van der Waals surface area contributed by atoms with Gasteiger partial charge in [-0.05, 0) is 24.6 Å². The molecular formula is C12H15BrN2O2. The van der Waals surface area contributed by atoms with Crippen LogP contribution in [0.4, 0.5) is 11.4 Å². The lowest BCUT2D eigenvalue weighted by Crippen LogP contribution is -2.09. The van der Waals surface area contributed by atoms with Crippen molar-refractivity contribution in [2.45, 2.75) is 6.92 Å². The van der Waals surface area contributed by atoms with Crippen LogP contribution in [0.15, 0.2) is 23.2 Å². The fourth-order valence-electron chi connectivity index (χ4n) is 1.38. The number of aryl methyl sites for hydroxylation is 1. The second kappa shape index (κ2) is 5.72. The van der Waals surface area contributed by atoms with Crippen molar-refractivity contribution in [2.24, 2.45) is 0 Å². The highest BCUT2D eigenvalue weighted by molar-refractivity contribution is 9.11. The van der Waals surface area contributed by atoms with Crippen LogP contribution in [0.2, 0.25) is 0 Å². The summed E-state index contributed by atoms with van der Waals surface area (Å²) < 4.78 is 5.50. The third-order valence-corrected chi connectivity index (χ3v) is 2.56. The molecule has 0 aliphatic rings. The molecule has 0 saturated heterocycles. The molecule has 0 saturated carbocycles. The largest absolute Gasteiger partial charge is 0.465 e. The van der Waals surface area contributed by atoms with E-state index in [0.29, 0.717) is 17.8 Å². The van der Waals surface area contributed by atoms with Gasteiger partial charge < -0.3 is 15.8 Å². The summed E-state index contributed by atoms with van der Waals surface area (Å²) in [6.45, 7) is 6.14. The Balaban J connectivity index is 3.05. The first-order valence-corrected chi connectivity index (χ1v) is 5.80. The molecule has 0 heterocycles. The number of hydrogen-bond donors (Lipinski definition) is 2. The van der Waals surface area contributed by atoms with Gasteiger partial charge in [0.05, 0.1) is 12.7 Å². The zero-order chi connectivity index (χ0) is 13.0. The SMILES string of the molecule is C=C(Br)CNc1cc(C)c(N)c(C(=O)OC)c1. The lowest BCUT2D eigenvalue weighted by molar-refractivity contribution is 0.0602. The summed E-state index contributed by atoms with van der Waals surface area (Å²) >= 11 is 3.25. The van der Waals surface area contributed by atoms with E-state index in [2.05, 4.69) is 32.6 Å². The van der Waals surface area contributed by atoms with E-state index in [4.69, 9.17) is 5.73 Å². The van der Waals surface area contributed by atoms with Gasteiger partial charge in [-0.2, -0.15) is 0 Å². The number of methoxy groups -OCH3 is 1. The van der Waals surface area contributed by atoms with E-state index in [1.54, 1.807) is 6.07 Å². The van der Waals surface area contributed by atoms with Gasteiger partial charge in [0.2, 0.25) is 0 Å². The second-order valence-corrected chi connectivity index (χ2v) is 4.74. The zero-order valence-electron chi connectivity index (χ0n) is 9.84. The molecule has 5 heteroatoms. The Morgan fingerprint density at radius 1 is 1.59 bits per heavy atom. The van der Waals surface area contributed by atoms with Gasteiger partial charge in [0, 0.05) is 22.4 Å². The van der Waals surface area contributed by atoms with Crippen molar-refractivity contribution >= 4 is 33.3 Å². The predicted molar refractivity (Wildman–Crippen MR) is 73.5 cm³/mol. The number of carbonyl (C=O) groups excluding carboxylic acids is 1. The van der Waals surface area contributed by atoms with Crippen molar-refractivity contribution in [1.29, 1.82) is 0 Å². The van der Waals surface area contributed by atoms with Crippen molar-refractivity contribution in [2.75, 3.05) is 24.7 Å². The summed E-state index contributed by atoms with van der Waals surface area (Å²) in [5, 5.41) is 3.12. The Morgan fingerprint density at radius 3 is 2.76 bits per heavy atom. The highest BCUT2D eigenvalue weighted by Gasteiger charge is 2.13. The first kappa shape index (κ1) is 13.6. The highest BCUT2D eigenvalue weighted by Crippen LogP contribution is 2.23. The van der Waals surface area contributed by atoms with E-state index < -0.39 is 5.97 Å². The van der Waals surface area contributed by atoms with Gasteiger partial charge in [0.1, 0.15) is 0 Å². The van der Waals surface area contributed by atoms with E-state index in [-0.39, 0.29) is 0 Å². The number of nitrogens with two attached hydrogens (primary N) is 1. The maximum atomic E-state index is 11.5. The Morgan fingerprint density at radius 2 is 2.24 bits per heavy atom. The Labute approximate surface area is 109 Å². The van der Waals surface area contributed by atoms with E-state index in [1.165, 1.54) is 7.11 Å². The van der Waals surface area contributed by atoms with Gasteiger partial charge in [-0.1, -0.05) is 22.5 Å². The number of benzene rings is 1. The third kappa shape index (κ3) is 3.49. The van der Waals surface area contributed by atoms with Crippen LogP contribution >= 0.6 is 15.9 Å². The van der Waals surface area contributed by atoms with Crippen LogP contribution < -0.4 is 11.1 Å². The number of ether oxygens (including phenoxy) is 1. The van der Waals surface area contributed by atoms with Crippen molar-refractivity contribution in [3.63, 3.8) is 0 Å². The van der Waals surface area contributed by atoms with Gasteiger partial charge >= 0.3 is 5.97 Å². The molecule has 0 fully saturated rings. The van der Waals surface area contributed by atoms with Crippen LogP contribution in [0, 0.1) is 6.92 Å². The molecule has 0 spiro atoms. The molecule has 0 amide bonds. The van der Waals surface area contributed by atoms with Crippen LogP contribution in [-0.2, 0) is 4.74 Å². The maximum Gasteiger partial charge on any atom is 0.340 e. The number of rotatable bonds is 4. The number of halogens is 1. The molecule has 17 heavy (non-hydrogen) atoms. The lowest BCUT2D eigenvalue weighted by Gasteiger charge is -2.11. The molecule has 0 aliphatic heterocycles. The van der Waals surface area contributed by atoms with Crippen LogP contribution in [0.1, 0.15) is 15.9 Å². The molecule has 1 aromatic carbocycles. The summed E-state index contributed by atoms with van der Waals surface area (Å²) in [4.78, 5) is 11.5. The summed E-state index contributed by atoms with van der Waals surface area (Å²) in [6, 6.07) is 3.54. The number of anilines is 2. The number of nitrogens with one attached hydrogen (secondary N) is 1. The van der Waals surface area contributed by atoms with E-state index in [0.717, 1.165) is 15.7 Å². The quantitative estimate of drug-likeness (QED) is 0.663. The summed E-state index contributed by atoms with van der Waals surface area (Å²) in [6.07, 6.45) is 0. The molecular weight excluding hydrogens is 284 g/mol. The average molecular weight is 299 g/mol. The number of carbonyl (C=O) groups is 1. The van der Waals surface area contributed by atoms with Gasteiger partial charge in [-0.15, -0.1) is 0 Å². The lowest BCUT2D eigenvalue weighted by atomic mass is 10.1. The van der Waals surface area contributed by atoms with Crippen LogP contribution in [-0.4, -0.2) is 19.6 Å². The molecule has 3 N–H and O–H groups in total. The molecule has 0 aromatic heterocycles. The number of hydrogen-bond acceptors (Lipinski definition) is 4. The topological polar surface area (TPSA) is 64.3 Å². The van der Waals surface area contributed by atoms with E-state index >= 15 is 0 Å². The van der Waals surface area contributed by atoms with Crippen molar-refractivity contribution < 1.29 is 9.53 Å². The van der Waals surface area contributed by atoms with Crippen LogP contribution in [0.25, 0.3) is 0 Å². The van der Waals surface area contributed by atoms with Gasteiger partial charge in [-0.3, -0.25) is 0 Å². The Kier molecular flexibility index (Phi) is 4.57. The summed E-state index contributed by atoms with van der Waals surface area (Å²) in [7, 11) is 1.33. The van der Waals surface area contributed by atoms with Gasteiger partial charge in [0.15, 0.2) is 0 Å². The minimum absolute atomic E-state index is 0.371. The molecule has 1 aromatic rings. The molecule has 0 aliphatic carbocycles. The monoisotopic (exact) mass is 298 g/mol. The summed E-state index contributed by atoms with van der Waals surface area (Å²) in [5.74, 6) is -0.438. The fourth-order valence-corrected chi connectivity index (χ4v) is 1.52. The molecule has 1 rings (SSSR count). The Bertz CT molecular complexity index is 458. The second-order valence-electron chi connectivity index (χ2n) is 3.62. The molecule has 0 unspecified atom stereocenters. The normalized spacial score (nSPS) is 9.82. The molecule has 4 nitrogen and oxygen atoms in total.